The maximum atomic E-state index is 13.8. The molecule has 0 saturated heterocycles. The van der Waals surface area contributed by atoms with Crippen LogP contribution in [-0.2, 0) is 11.2 Å². The Bertz CT molecular complexity index is 551. The van der Waals surface area contributed by atoms with E-state index in [1.165, 1.54) is 14.0 Å². The van der Waals surface area contributed by atoms with E-state index in [9.17, 15) is 23.1 Å². The molecular weight excluding hydrogens is 283 g/mol. The van der Waals surface area contributed by atoms with Crippen LogP contribution in [0.25, 0.3) is 0 Å². The highest BCUT2D eigenvalue weighted by Crippen LogP contribution is 2.35. The van der Waals surface area contributed by atoms with Crippen molar-refractivity contribution in [2.75, 3.05) is 7.05 Å². The van der Waals surface area contributed by atoms with E-state index in [0.29, 0.717) is 31.4 Å². The zero-order valence-electron chi connectivity index (χ0n) is 12.0. The molecule has 21 heavy (non-hydrogen) atoms. The predicted octanol–water partition coefficient (Wildman–Crippen LogP) is 2.11. The van der Waals surface area contributed by atoms with Gasteiger partial charge in [-0.2, -0.15) is 0 Å². The van der Waals surface area contributed by atoms with Gasteiger partial charge >= 0.3 is 0 Å². The molecule has 1 fully saturated rings. The first-order valence-electron chi connectivity index (χ1n) is 6.81. The number of hydrogen-bond donors (Lipinski definition) is 2. The van der Waals surface area contributed by atoms with Gasteiger partial charge in [-0.3, -0.25) is 4.79 Å². The van der Waals surface area contributed by atoms with Crippen LogP contribution in [0.1, 0.15) is 31.7 Å². The monoisotopic (exact) mass is 301 g/mol. The quantitative estimate of drug-likeness (QED) is 0.899. The average molecular weight is 301 g/mol. The first kappa shape index (κ1) is 16.0. The second-order valence-electron chi connectivity index (χ2n) is 5.81. The fourth-order valence-corrected chi connectivity index (χ4v) is 3.02. The number of aliphatic hydroxyl groups is 1. The van der Waals surface area contributed by atoms with Gasteiger partial charge in [0.2, 0.25) is 0 Å². The topological polar surface area (TPSA) is 49.3 Å². The molecule has 0 aromatic heterocycles. The Kier molecular flexibility index (Phi) is 4.13. The van der Waals surface area contributed by atoms with Crippen molar-refractivity contribution in [3.05, 3.63) is 35.1 Å². The van der Waals surface area contributed by atoms with Gasteiger partial charge in [0.25, 0.3) is 0 Å². The lowest BCUT2D eigenvalue weighted by atomic mass is 9.70. The summed E-state index contributed by atoms with van der Waals surface area (Å²) < 4.78 is 40.6. The van der Waals surface area contributed by atoms with E-state index < -0.39 is 34.4 Å². The number of carbonyl (C=O) groups excluding carboxylic acids is 1. The molecule has 0 bridgehead atoms. The third-order valence-electron chi connectivity index (χ3n) is 4.25. The van der Waals surface area contributed by atoms with Crippen LogP contribution in [0.2, 0.25) is 0 Å². The lowest BCUT2D eigenvalue weighted by Crippen LogP contribution is -2.62. The van der Waals surface area contributed by atoms with Crippen LogP contribution in [0.4, 0.5) is 13.2 Å². The summed E-state index contributed by atoms with van der Waals surface area (Å²) in [5, 5.41) is 12.9. The molecule has 2 unspecified atom stereocenters. The SMILES string of the molecule is CNC1(Cc2c(F)cc(F)cc2F)CCCC(C)(O)C1=O. The van der Waals surface area contributed by atoms with Gasteiger partial charge in [0, 0.05) is 24.1 Å². The fourth-order valence-electron chi connectivity index (χ4n) is 3.02. The van der Waals surface area contributed by atoms with Crippen molar-refractivity contribution in [1.29, 1.82) is 0 Å². The molecule has 2 atom stereocenters. The van der Waals surface area contributed by atoms with E-state index in [0.717, 1.165) is 0 Å². The summed E-state index contributed by atoms with van der Waals surface area (Å²) in [6.07, 6.45) is 0.943. The minimum Gasteiger partial charge on any atom is -0.382 e. The van der Waals surface area contributed by atoms with E-state index >= 15 is 0 Å². The summed E-state index contributed by atoms with van der Waals surface area (Å²) in [7, 11) is 1.51. The summed E-state index contributed by atoms with van der Waals surface area (Å²) in [6.45, 7) is 1.40. The van der Waals surface area contributed by atoms with Gasteiger partial charge in [0.15, 0.2) is 5.78 Å². The van der Waals surface area contributed by atoms with Crippen molar-refractivity contribution < 1.29 is 23.1 Å². The zero-order chi connectivity index (χ0) is 15.8. The maximum absolute atomic E-state index is 13.8. The number of halogens is 3. The standard InChI is InChI=1S/C15H18F3NO2/c1-14(21)4-3-5-15(19-2,13(14)20)8-10-11(17)6-9(16)7-12(10)18/h6-7,19,21H,3-5,8H2,1-2H3. The summed E-state index contributed by atoms with van der Waals surface area (Å²) >= 11 is 0. The fraction of sp³-hybridized carbons (Fsp3) is 0.533. The second-order valence-corrected chi connectivity index (χ2v) is 5.81. The molecule has 1 aliphatic carbocycles. The predicted molar refractivity (Wildman–Crippen MR) is 71.3 cm³/mol. The summed E-state index contributed by atoms with van der Waals surface area (Å²) in [6, 6.07) is 1.18. The second kappa shape index (κ2) is 5.42. The summed E-state index contributed by atoms with van der Waals surface area (Å²) in [4.78, 5) is 12.5. The Morgan fingerprint density at radius 3 is 2.33 bits per heavy atom. The first-order chi connectivity index (χ1) is 9.72. The van der Waals surface area contributed by atoms with Gasteiger partial charge in [-0.05, 0) is 33.2 Å². The van der Waals surface area contributed by atoms with E-state index in [1.807, 2.05) is 0 Å². The largest absolute Gasteiger partial charge is 0.382 e. The van der Waals surface area contributed by atoms with E-state index in [1.54, 1.807) is 0 Å². The number of likely N-dealkylation sites (N-methyl/N-ethyl adjacent to an activating group) is 1. The molecule has 0 aliphatic heterocycles. The Morgan fingerprint density at radius 2 is 1.81 bits per heavy atom. The number of rotatable bonds is 3. The number of nitrogens with one attached hydrogen (secondary N) is 1. The lowest BCUT2D eigenvalue weighted by molar-refractivity contribution is -0.147. The van der Waals surface area contributed by atoms with Crippen molar-refractivity contribution in [2.24, 2.45) is 0 Å². The van der Waals surface area contributed by atoms with Crippen LogP contribution < -0.4 is 5.32 Å². The molecule has 1 aromatic rings. The number of Topliss-reactive ketones (excluding diaryl/α,β-unsaturated/α-hetero) is 1. The molecule has 3 nitrogen and oxygen atoms in total. The average Bonchev–Trinajstić information content (AvgIpc) is 2.39. The van der Waals surface area contributed by atoms with Crippen LogP contribution in [0.5, 0.6) is 0 Å². The van der Waals surface area contributed by atoms with Crippen LogP contribution in [0, 0.1) is 17.5 Å². The Balaban J connectivity index is 2.42. The lowest BCUT2D eigenvalue weighted by Gasteiger charge is -2.42. The molecule has 1 aliphatic rings. The van der Waals surface area contributed by atoms with Gasteiger partial charge in [0.05, 0.1) is 5.54 Å². The molecule has 1 saturated carbocycles. The van der Waals surface area contributed by atoms with Crippen LogP contribution in [0.3, 0.4) is 0 Å². The summed E-state index contributed by atoms with van der Waals surface area (Å²) in [5.41, 5.74) is -3.13. The van der Waals surface area contributed by atoms with Gasteiger partial charge in [-0.25, -0.2) is 13.2 Å². The van der Waals surface area contributed by atoms with E-state index in [4.69, 9.17) is 0 Å². The molecular formula is C15H18F3NO2. The van der Waals surface area contributed by atoms with Crippen molar-refractivity contribution in [1.82, 2.24) is 5.32 Å². The highest BCUT2D eigenvalue weighted by atomic mass is 19.1. The van der Waals surface area contributed by atoms with Crippen molar-refractivity contribution in [3.8, 4) is 0 Å². The summed E-state index contributed by atoms with van der Waals surface area (Å²) in [5.74, 6) is -3.55. The van der Waals surface area contributed by atoms with Gasteiger partial charge in [0.1, 0.15) is 23.1 Å². The van der Waals surface area contributed by atoms with Crippen molar-refractivity contribution in [2.45, 2.75) is 43.7 Å². The Labute approximate surface area is 121 Å². The van der Waals surface area contributed by atoms with Crippen molar-refractivity contribution in [3.63, 3.8) is 0 Å². The third kappa shape index (κ3) is 2.82. The zero-order valence-corrected chi connectivity index (χ0v) is 12.0. The van der Waals surface area contributed by atoms with Crippen LogP contribution in [-0.4, -0.2) is 29.1 Å². The van der Waals surface area contributed by atoms with Gasteiger partial charge in [-0.15, -0.1) is 0 Å². The number of benzene rings is 1. The minimum absolute atomic E-state index is 0.267. The molecule has 6 heteroatoms. The van der Waals surface area contributed by atoms with Crippen LogP contribution in [0.15, 0.2) is 12.1 Å². The molecule has 1 aromatic carbocycles. The Hall–Kier alpha value is -1.40. The van der Waals surface area contributed by atoms with Gasteiger partial charge in [-0.1, -0.05) is 0 Å². The highest BCUT2D eigenvalue weighted by Gasteiger charge is 2.49. The molecule has 0 amide bonds. The number of hydrogen-bond acceptors (Lipinski definition) is 3. The molecule has 116 valence electrons. The molecule has 2 N–H and O–H groups in total. The Morgan fingerprint density at radius 1 is 1.24 bits per heavy atom. The number of carbonyl (C=O) groups is 1. The highest BCUT2D eigenvalue weighted by molar-refractivity contribution is 5.96. The van der Waals surface area contributed by atoms with Gasteiger partial charge < -0.3 is 10.4 Å². The van der Waals surface area contributed by atoms with Crippen LogP contribution >= 0.6 is 0 Å². The molecule has 0 radical (unpaired) electrons. The van der Waals surface area contributed by atoms with Crippen molar-refractivity contribution >= 4 is 5.78 Å². The molecule has 0 heterocycles. The molecule has 2 rings (SSSR count). The minimum atomic E-state index is -1.53. The first-order valence-corrected chi connectivity index (χ1v) is 6.81. The third-order valence-corrected chi connectivity index (χ3v) is 4.25. The molecule has 0 spiro atoms. The normalized spacial score (nSPS) is 29.7. The maximum Gasteiger partial charge on any atom is 0.184 e. The van der Waals surface area contributed by atoms with E-state index in [-0.39, 0.29) is 12.0 Å². The number of ketones is 1. The van der Waals surface area contributed by atoms with E-state index in [2.05, 4.69) is 5.32 Å². The smallest absolute Gasteiger partial charge is 0.184 e.